The molecular formula is C18H16F2N2O2S. The quantitative estimate of drug-likeness (QED) is 0.689. The summed E-state index contributed by atoms with van der Waals surface area (Å²) in [6.45, 7) is 0.547. The van der Waals surface area contributed by atoms with Crippen LogP contribution < -0.4 is 14.8 Å². The summed E-state index contributed by atoms with van der Waals surface area (Å²) in [5.74, 6) is -0.430. The fourth-order valence-corrected chi connectivity index (χ4v) is 3.03. The molecule has 25 heavy (non-hydrogen) atoms. The van der Waals surface area contributed by atoms with Crippen molar-refractivity contribution in [1.29, 1.82) is 0 Å². The first-order chi connectivity index (χ1) is 12.1. The van der Waals surface area contributed by atoms with Gasteiger partial charge in [-0.1, -0.05) is 6.07 Å². The fourth-order valence-electron chi connectivity index (χ4n) is 2.31. The summed E-state index contributed by atoms with van der Waals surface area (Å²) in [7, 11) is 3.18. The van der Waals surface area contributed by atoms with Crippen LogP contribution in [0.2, 0.25) is 0 Å². The average molecular weight is 362 g/mol. The lowest BCUT2D eigenvalue weighted by Gasteiger charge is -2.09. The van der Waals surface area contributed by atoms with Gasteiger partial charge in [-0.3, -0.25) is 0 Å². The Balaban J connectivity index is 1.70. The van der Waals surface area contributed by atoms with Gasteiger partial charge < -0.3 is 14.8 Å². The molecule has 0 amide bonds. The van der Waals surface area contributed by atoms with Crippen LogP contribution in [0.3, 0.4) is 0 Å². The van der Waals surface area contributed by atoms with E-state index >= 15 is 0 Å². The van der Waals surface area contributed by atoms with E-state index in [1.807, 2.05) is 18.2 Å². The first-order valence-electron chi connectivity index (χ1n) is 7.46. The largest absolute Gasteiger partial charge is 0.493 e. The van der Waals surface area contributed by atoms with E-state index < -0.39 is 11.6 Å². The van der Waals surface area contributed by atoms with Gasteiger partial charge in [-0.15, -0.1) is 11.3 Å². The molecule has 0 saturated carbocycles. The molecule has 0 saturated heterocycles. The van der Waals surface area contributed by atoms with Gasteiger partial charge in [0.25, 0.3) is 0 Å². The molecule has 2 aromatic carbocycles. The Bertz CT molecular complexity index is 883. The zero-order valence-electron chi connectivity index (χ0n) is 13.7. The van der Waals surface area contributed by atoms with E-state index in [0.29, 0.717) is 34.4 Å². The highest BCUT2D eigenvalue weighted by molar-refractivity contribution is 7.14. The van der Waals surface area contributed by atoms with Crippen LogP contribution in [0.5, 0.6) is 11.5 Å². The second kappa shape index (κ2) is 7.48. The van der Waals surface area contributed by atoms with E-state index in [9.17, 15) is 8.78 Å². The van der Waals surface area contributed by atoms with E-state index in [1.54, 1.807) is 19.6 Å². The number of halogens is 2. The van der Waals surface area contributed by atoms with E-state index in [1.165, 1.54) is 17.4 Å². The van der Waals surface area contributed by atoms with E-state index in [-0.39, 0.29) is 0 Å². The van der Waals surface area contributed by atoms with Gasteiger partial charge in [-0.25, -0.2) is 13.8 Å². The van der Waals surface area contributed by atoms with Crippen LogP contribution in [-0.2, 0) is 6.54 Å². The van der Waals surface area contributed by atoms with Crippen molar-refractivity contribution in [1.82, 2.24) is 4.98 Å². The number of nitrogens with zero attached hydrogens (tertiary/aromatic N) is 1. The lowest BCUT2D eigenvalue weighted by molar-refractivity contribution is 0.354. The SMILES string of the molecule is COc1ccc(CNc2nc(-c3ccc(F)c(F)c3)cs2)cc1OC. The number of aromatic nitrogens is 1. The van der Waals surface area contributed by atoms with Gasteiger partial charge >= 0.3 is 0 Å². The predicted octanol–water partition coefficient (Wildman–Crippen LogP) is 4.72. The number of benzene rings is 2. The number of hydrogen-bond donors (Lipinski definition) is 1. The summed E-state index contributed by atoms with van der Waals surface area (Å²) < 4.78 is 36.8. The van der Waals surface area contributed by atoms with Crippen molar-refractivity contribution in [2.45, 2.75) is 6.54 Å². The minimum atomic E-state index is -0.884. The monoisotopic (exact) mass is 362 g/mol. The number of nitrogens with one attached hydrogen (secondary N) is 1. The highest BCUT2D eigenvalue weighted by Crippen LogP contribution is 2.29. The molecule has 0 atom stereocenters. The maximum absolute atomic E-state index is 13.3. The summed E-state index contributed by atoms with van der Waals surface area (Å²) in [4.78, 5) is 4.41. The van der Waals surface area contributed by atoms with Crippen molar-refractivity contribution in [3.05, 3.63) is 59.0 Å². The smallest absolute Gasteiger partial charge is 0.183 e. The minimum absolute atomic E-state index is 0.536. The Kier molecular flexibility index (Phi) is 5.14. The van der Waals surface area contributed by atoms with Crippen molar-refractivity contribution >= 4 is 16.5 Å². The standard InChI is InChI=1S/C18H16F2N2O2S/c1-23-16-6-3-11(7-17(16)24-2)9-21-18-22-15(10-25-18)12-4-5-13(19)14(20)8-12/h3-8,10H,9H2,1-2H3,(H,21,22). The summed E-state index contributed by atoms with van der Waals surface area (Å²) in [6, 6.07) is 9.40. The maximum atomic E-state index is 13.3. The number of anilines is 1. The van der Waals surface area contributed by atoms with Crippen molar-refractivity contribution in [2.24, 2.45) is 0 Å². The van der Waals surface area contributed by atoms with Gasteiger partial charge in [0.05, 0.1) is 19.9 Å². The molecule has 0 aliphatic rings. The predicted molar refractivity (Wildman–Crippen MR) is 94.3 cm³/mol. The summed E-state index contributed by atoms with van der Waals surface area (Å²) >= 11 is 1.40. The molecule has 4 nitrogen and oxygen atoms in total. The van der Waals surface area contributed by atoms with Gasteiger partial charge in [0.1, 0.15) is 0 Å². The molecule has 130 valence electrons. The Morgan fingerprint density at radius 1 is 1.00 bits per heavy atom. The summed E-state index contributed by atoms with van der Waals surface area (Å²) in [5.41, 5.74) is 2.13. The molecule has 3 aromatic rings. The summed E-state index contributed by atoms with van der Waals surface area (Å²) in [5, 5.41) is 5.69. The van der Waals surface area contributed by atoms with E-state index in [4.69, 9.17) is 9.47 Å². The average Bonchev–Trinajstić information content (AvgIpc) is 3.11. The molecule has 0 spiro atoms. The third-order valence-electron chi connectivity index (χ3n) is 3.61. The van der Waals surface area contributed by atoms with Crippen molar-refractivity contribution in [3.8, 4) is 22.8 Å². The molecule has 0 aliphatic carbocycles. The molecule has 3 rings (SSSR count). The zero-order valence-corrected chi connectivity index (χ0v) is 14.5. The molecular weight excluding hydrogens is 346 g/mol. The number of hydrogen-bond acceptors (Lipinski definition) is 5. The number of thiazole rings is 1. The third kappa shape index (κ3) is 3.88. The zero-order chi connectivity index (χ0) is 17.8. The fraction of sp³-hybridized carbons (Fsp3) is 0.167. The van der Waals surface area contributed by atoms with E-state index in [2.05, 4.69) is 10.3 Å². The van der Waals surface area contributed by atoms with E-state index in [0.717, 1.165) is 17.7 Å². The van der Waals surface area contributed by atoms with Crippen LogP contribution >= 0.6 is 11.3 Å². The van der Waals surface area contributed by atoms with Crippen LogP contribution in [0, 0.1) is 11.6 Å². The topological polar surface area (TPSA) is 43.4 Å². The van der Waals surface area contributed by atoms with Crippen molar-refractivity contribution in [2.75, 3.05) is 19.5 Å². The molecule has 7 heteroatoms. The van der Waals surface area contributed by atoms with Crippen molar-refractivity contribution in [3.63, 3.8) is 0 Å². The maximum Gasteiger partial charge on any atom is 0.183 e. The van der Waals surface area contributed by atoms with Crippen LogP contribution in [-0.4, -0.2) is 19.2 Å². The van der Waals surface area contributed by atoms with Crippen molar-refractivity contribution < 1.29 is 18.3 Å². The normalized spacial score (nSPS) is 10.6. The second-order valence-electron chi connectivity index (χ2n) is 5.21. The van der Waals surface area contributed by atoms with Gasteiger partial charge in [0.2, 0.25) is 0 Å². The second-order valence-corrected chi connectivity index (χ2v) is 6.07. The van der Waals surface area contributed by atoms with Crippen LogP contribution in [0.1, 0.15) is 5.56 Å². The lowest BCUT2D eigenvalue weighted by Crippen LogP contribution is -2.00. The molecule has 1 heterocycles. The molecule has 1 aromatic heterocycles. The first kappa shape index (κ1) is 17.2. The number of ether oxygens (including phenoxy) is 2. The Morgan fingerprint density at radius 3 is 2.52 bits per heavy atom. The Labute approximate surface area is 148 Å². The minimum Gasteiger partial charge on any atom is -0.493 e. The highest BCUT2D eigenvalue weighted by atomic mass is 32.1. The molecule has 1 N–H and O–H groups in total. The van der Waals surface area contributed by atoms with Gasteiger partial charge in [-0.05, 0) is 35.9 Å². The molecule has 0 aliphatic heterocycles. The molecule has 0 radical (unpaired) electrons. The number of rotatable bonds is 6. The third-order valence-corrected chi connectivity index (χ3v) is 4.41. The van der Waals surface area contributed by atoms with Gasteiger partial charge in [-0.2, -0.15) is 0 Å². The van der Waals surface area contributed by atoms with Gasteiger partial charge in [0.15, 0.2) is 28.3 Å². The Hall–Kier alpha value is -2.67. The molecule has 0 fully saturated rings. The lowest BCUT2D eigenvalue weighted by atomic mass is 10.2. The Morgan fingerprint density at radius 2 is 1.80 bits per heavy atom. The van der Waals surface area contributed by atoms with Crippen LogP contribution in [0.25, 0.3) is 11.3 Å². The number of methoxy groups -OCH3 is 2. The van der Waals surface area contributed by atoms with Crippen LogP contribution in [0.4, 0.5) is 13.9 Å². The molecule has 0 bridgehead atoms. The first-order valence-corrected chi connectivity index (χ1v) is 8.34. The van der Waals surface area contributed by atoms with Crippen LogP contribution in [0.15, 0.2) is 41.8 Å². The van der Waals surface area contributed by atoms with Gasteiger partial charge in [0, 0.05) is 17.5 Å². The highest BCUT2D eigenvalue weighted by Gasteiger charge is 2.09. The summed E-state index contributed by atoms with van der Waals surface area (Å²) in [6.07, 6.45) is 0. The molecule has 0 unspecified atom stereocenters.